The van der Waals surface area contributed by atoms with Gasteiger partial charge < -0.3 is 10.6 Å². The van der Waals surface area contributed by atoms with Crippen LogP contribution in [-0.2, 0) is 19.4 Å². The van der Waals surface area contributed by atoms with Gasteiger partial charge in [-0.3, -0.25) is 9.59 Å². The number of rotatable bonds is 7. The Morgan fingerprint density at radius 3 is 2.64 bits per heavy atom. The summed E-state index contributed by atoms with van der Waals surface area (Å²) in [4.78, 5) is 33.5. The molecule has 0 saturated heterocycles. The van der Waals surface area contributed by atoms with E-state index in [0.29, 0.717) is 17.8 Å². The third-order valence-corrected chi connectivity index (χ3v) is 6.15. The predicted octanol–water partition coefficient (Wildman–Crippen LogP) is 2.38. The maximum Gasteiger partial charge on any atom is 0.270 e. The molecule has 1 atom stereocenters. The van der Waals surface area contributed by atoms with E-state index in [1.807, 2.05) is 12.1 Å². The van der Waals surface area contributed by atoms with Crippen LogP contribution < -0.4 is 10.6 Å². The van der Waals surface area contributed by atoms with Crippen molar-refractivity contribution in [3.8, 4) is 0 Å². The monoisotopic (exact) mass is 486 g/mol. The van der Waals surface area contributed by atoms with Crippen LogP contribution in [0.1, 0.15) is 67.1 Å². The Kier molecular flexibility index (Phi) is 6.44. The number of aromatic nitrogens is 6. The average Bonchev–Trinajstić information content (AvgIpc) is 3.54. The van der Waals surface area contributed by atoms with Crippen molar-refractivity contribution in [3.05, 3.63) is 99.6 Å². The summed E-state index contributed by atoms with van der Waals surface area (Å²) in [5, 5.41) is 19.8. The van der Waals surface area contributed by atoms with Crippen LogP contribution in [0.25, 0.3) is 0 Å². The first-order valence-corrected chi connectivity index (χ1v) is 11.5. The van der Waals surface area contributed by atoms with Crippen LogP contribution in [0.2, 0.25) is 0 Å². The minimum atomic E-state index is -0.450. The van der Waals surface area contributed by atoms with Gasteiger partial charge in [-0.1, -0.05) is 35.5 Å². The van der Waals surface area contributed by atoms with Crippen molar-refractivity contribution in [3.63, 3.8) is 0 Å². The molecule has 0 spiro atoms. The number of nitrogens with one attached hydrogen (secondary N) is 3. The Hall–Kier alpha value is -4.54. The highest BCUT2D eigenvalue weighted by atomic mass is 19.1. The lowest BCUT2D eigenvalue weighted by Crippen LogP contribution is -2.29. The Bertz CT molecular complexity index is 1420. The van der Waals surface area contributed by atoms with Crippen LogP contribution in [0.5, 0.6) is 0 Å². The smallest absolute Gasteiger partial charge is 0.270 e. The van der Waals surface area contributed by atoms with Crippen molar-refractivity contribution in [2.75, 3.05) is 0 Å². The second kappa shape index (κ2) is 9.98. The predicted molar refractivity (Wildman–Crippen MR) is 126 cm³/mol. The Morgan fingerprint density at radius 2 is 1.86 bits per heavy atom. The van der Waals surface area contributed by atoms with E-state index in [2.05, 4.69) is 47.3 Å². The number of aryl methyl sites for hydroxylation is 2. The van der Waals surface area contributed by atoms with Crippen LogP contribution in [0.4, 0.5) is 4.39 Å². The Labute approximate surface area is 205 Å². The van der Waals surface area contributed by atoms with Gasteiger partial charge >= 0.3 is 0 Å². The molecule has 0 unspecified atom stereocenters. The van der Waals surface area contributed by atoms with Crippen LogP contribution in [-0.4, -0.2) is 42.4 Å². The second-order valence-electron chi connectivity index (χ2n) is 8.66. The van der Waals surface area contributed by atoms with Gasteiger partial charge in [-0.2, -0.15) is 5.21 Å². The Balaban J connectivity index is 1.22. The van der Waals surface area contributed by atoms with E-state index in [4.69, 9.17) is 0 Å². The summed E-state index contributed by atoms with van der Waals surface area (Å²) >= 11 is 0. The molecule has 5 rings (SSSR count). The Morgan fingerprint density at radius 1 is 1.06 bits per heavy atom. The molecule has 0 fully saturated rings. The molecule has 0 saturated carbocycles. The number of aromatic amines is 1. The summed E-state index contributed by atoms with van der Waals surface area (Å²) in [6.07, 6.45) is 3.37. The molecule has 2 heterocycles. The summed E-state index contributed by atoms with van der Waals surface area (Å²) in [7, 11) is 0. The first-order chi connectivity index (χ1) is 17.5. The van der Waals surface area contributed by atoms with E-state index in [1.54, 1.807) is 19.1 Å². The largest absolute Gasteiger partial charge is 0.347 e. The number of benzene rings is 2. The van der Waals surface area contributed by atoms with Crippen LogP contribution in [0.15, 0.2) is 48.8 Å². The molecule has 3 N–H and O–H groups in total. The molecule has 11 heteroatoms. The molecule has 2 amide bonds. The molecular formula is C25H23FN8O2. The number of halogens is 1. The summed E-state index contributed by atoms with van der Waals surface area (Å²) in [6, 6.07) is 12.0. The maximum atomic E-state index is 13.4. The van der Waals surface area contributed by atoms with Crippen molar-refractivity contribution in [2.45, 2.75) is 38.8 Å². The third-order valence-electron chi connectivity index (χ3n) is 6.15. The van der Waals surface area contributed by atoms with E-state index >= 15 is 0 Å². The zero-order valence-corrected chi connectivity index (χ0v) is 19.5. The van der Waals surface area contributed by atoms with Crippen molar-refractivity contribution < 1.29 is 14.0 Å². The molecule has 0 bridgehead atoms. The molecule has 36 heavy (non-hydrogen) atoms. The van der Waals surface area contributed by atoms with Gasteiger partial charge in [0, 0.05) is 19.0 Å². The van der Waals surface area contributed by atoms with Crippen LogP contribution >= 0.6 is 0 Å². The number of carbonyl (C=O) groups is 2. The fourth-order valence-corrected chi connectivity index (χ4v) is 4.30. The number of nitrogens with zero attached hydrogens (tertiary/aromatic N) is 5. The SMILES string of the molecule is Cc1cc(CNC(=O)c2cc(C(=O)N[C@H]3CCc4cc(Cc5nn[nH]n5)ccc43)ncn2)ccc1F. The molecule has 1 aliphatic rings. The van der Waals surface area contributed by atoms with Crippen molar-refractivity contribution >= 4 is 11.8 Å². The molecule has 4 aromatic rings. The number of amides is 2. The van der Waals surface area contributed by atoms with Gasteiger partial charge in [-0.05, 0) is 53.6 Å². The normalized spacial score (nSPS) is 14.3. The highest BCUT2D eigenvalue weighted by Gasteiger charge is 2.25. The van der Waals surface area contributed by atoms with E-state index in [9.17, 15) is 14.0 Å². The number of hydrogen-bond donors (Lipinski definition) is 3. The average molecular weight is 487 g/mol. The van der Waals surface area contributed by atoms with Gasteiger partial charge in [-0.25, -0.2) is 14.4 Å². The van der Waals surface area contributed by atoms with E-state index < -0.39 is 5.91 Å². The molecule has 2 aromatic carbocycles. The molecular weight excluding hydrogens is 463 g/mol. The molecule has 0 radical (unpaired) electrons. The van der Waals surface area contributed by atoms with Gasteiger partial charge in [0.1, 0.15) is 23.5 Å². The van der Waals surface area contributed by atoms with Crippen LogP contribution in [0, 0.1) is 12.7 Å². The summed E-state index contributed by atoms with van der Waals surface area (Å²) in [5.41, 5.74) is 4.74. The van der Waals surface area contributed by atoms with Crippen molar-refractivity contribution in [1.82, 2.24) is 41.2 Å². The summed E-state index contributed by atoms with van der Waals surface area (Å²) in [6.45, 7) is 1.87. The van der Waals surface area contributed by atoms with E-state index in [0.717, 1.165) is 29.5 Å². The summed E-state index contributed by atoms with van der Waals surface area (Å²) < 4.78 is 13.4. The second-order valence-corrected chi connectivity index (χ2v) is 8.66. The lowest BCUT2D eigenvalue weighted by atomic mass is 10.0. The molecule has 10 nitrogen and oxygen atoms in total. The standard InChI is InChI=1S/C25H23FN8O2/c1-14-8-16(3-6-19(14)26)12-27-24(35)21-11-22(29-13-28-21)25(36)30-20-7-4-17-9-15(2-5-18(17)20)10-23-31-33-34-32-23/h2-3,5-6,8-9,11,13,20H,4,7,10,12H2,1H3,(H,27,35)(H,30,36)(H,31,32,33,34)/t20-/m0/s1. The van der Waals surface area contributed by atoms with Gasteiger partial charge in [0.25, 0.3) is 11.8 Å². The van der Waals surface area contributed by atoms with Gasteiger partial charge in [0.15, 0.2) is 5.82 Å². The van der Waals surface area contributed by atoms with E-state index in [1.165, 1.54) is 24.0 Å². The summed E-state index contributed by atoms with van der Waals surface area (Å²) in [5.74, 6) is -0.511. The molecule has 182 valence electrons. The van der Waals surface area contributed by atoms with Gasteiger partial charge in [-0.15, -0.1) is 10.2 Å². The maximum absolute atomic E-state index is 13.4. The van der Waals surface area contributed by atoms with Crippen molar-refractivity contribution in [1.29, 1.82) is 0 Å². The lowest BCUT2D eigenvalue weighted by molar-refractivity contribution is 0.0931. The first-order valence-electron chi connectivity index (χ1n) is 11.5. The highest BCUT2D eigenvalue weighted by Crippen LogP contribution is 2.32. The van der Waals surface area contributed by atoms with Crippen LogP contribution in [0.3, 0.4) is 0 Å². The minimum absolute atomic E-state index is 0.0758. The molecule has 0 aliphatic heterocycles. The van der Waals surface area contributed by atoms with Gasteiger partial charge in [0.2, 0.25) is 0 Å². The zero-order chi connectivity index (χ0) is 25.1. The minimum Gasteiger partial charge on any atom is -0.347 e. The number of tetrazole rings is 1. The topological polar surface area (TPSA) is 138 Å². The number of fused-ring (bicyclic) bond motifs is 1. The highest BCUT2D eigenvalue weighted by molar-refractivity contribution is 5.97. The number of H-pyrrole nitrogens is 1. The van der Waals surface area contributed by atoms with Gasteiger partial charge in [0.05, 0.1) is 6.04 Å². The van der Waals surface area contributed by atoms with Crippen molar-refractivity contribution in [2.24, 2.45) is 0 Å². The number of hydrogen-bond acceptors (Lipinski definition) is 7. The fraction of sp³-hybridized carbons (Fsp3) is 0.240. The van der Waals surface area contributed by atoms with E-state index in [-0.39, 0.29) is 35.7 Å². The first kappa shape index (κ1) is 23.2. The quantitative estimate of drug-likeness (QED) is 0.365. The zero-order valence-electron chi connectivity index (χ0n) is 19.5. The number of carbonyl (C=O) groups excluding carboxylic acids is 2. The fourth-order valence-electron chi connectivity index (χ4n) is 4.30. The molecule has 2 aromatic heterocycles. The third kappa shape index (κ3) is 5.09. The molecule has 1 aliphatic carbocycles. The lowest BCUT2D eigenvalue weighted by Gasteiger charge is -2.14.